The molecule has 1 aliphatic rings. The van der Waals surface area contributed by atoms with Gasteiger partial charge >= 0.3 is 5.97 Å². The molecular weight excluding hydrogens is 404 g/mol. The van der Waals surface area contributed by atoms with Gasteiger partial charge in [0, 0.05) is 11.1 Å². The molecule has 1 fully saturated rings. The van der Waals surface area contributed by atoms with E-state index in [0.717, 1.165) is 11.1 Å². The highest BCUT2D eigenvalue weighted by molar-refractivity contribution is 5.98. The number of rotatable bonds is 5. The topological polar surface area (TPSA) is 90.6 Å². The predicted molar refractivity (Wildman–Crippen MR) is 119 cm³/mol. The standard InChI is InChI=1S/C26H22N2O4/c1-32-24-15-18(11-12-21(24)17-7-3-2-4-8-17)25(29)28-22(13-14-23(28)26(30)31)20-10-6-5-9-19(20)16-27/h2-12,15,22-23H,13-14H2,1H3,(H,30,31)/t22-,23+/m1/s1. The lowest BCUT2D eigenvalue weighted by Gasteiger charge is -2.29. The average Bonchev–Trinajstić information content (AvgIpc) is 3.29. The Kier molecular flexibility index (Phi) is 5.91. The van der Waals surface area contributed by atoms with Gasteiger partial charge in [0.25, 0.3) is 5.91 Å². The van der Waals surface area contributed by atoms with E-state index in [0.29, 0.717) is 35.3 Å². The van der Waals surface area contributed by atoms with Gasteiger partial charge in [-0.1, -0.05) is 48.5 Å². The van der Waals surface area contributed by atoms with Crippen molar-refractivity contribution in [3.63, 3.8) is 0 Å². The Labute approximate surface area is 186 Å². The van der Waals surface area contributed by atoms with Crippen LogP contribution in [0.1, 0.15) is 40.4 Å². The van der Waals surface area contributed by atoms with Gasteiger partial charge in [-0.3, -0.25) is 4.79 Å². The molecule has 6 nitrogen and oxygen atoms in total. The molecule has 0 radical (unpaired) electrons. The molecule has 160 valence electrons. The summed E-state index contributed by atoms with van der Waals surface area (Å²) in [6.45, 7) is 0. The maximum Gasteiger partial charge on any atom is 0.326 e. The minimum atomic E-state index is -1.05. The summed E-state index contributed by atoms with van der Waals surface area (Å²) in [6, 6.07) is 22.6. The second-order valence-electron chi connectivity index (χ2n) is 7.64. The molecule has 1 heterocycles. The molecule has 4 rings (SSSR count). The van der Waals surface area contributed by atoms with Crippen molar-refractivity contribution in [2.24, 2.45) is 0 Å². The Hall–Kier alpha value is -4.11. The van der Waals surface area contributed by atoms with E-state index in [-0.39, 0.29) is 0 Å². The molecule has 3 aromatic carbocycles. The third kappa shape index (κ3) is 3.81. The highest BCUT2D eigenvalue weighted by atomic mass is 16.5. The molecule has 0 saturated carbocycles. The van der Waals surface area contributed by atoms with E-state index in [2.05, 4.69) is 6.07 Å². The van der Waals surface area contributed by atoms with Gasteiger partial charge in [-0.05, 0) is 48.2 Å². The van der Waals surface area contributed by atoms with Crippen molar-refractivity contribution in [2.45, 2.75) is 24.9 Å². The molecule has 0 unspecified atom stereocenters. The number of benzene rings is 3. The largest absolute Gasteiger partial charge is 0.496 e. The van der Waals surface area contributed by atoms with E-state index >= 15 is 0 Å². The highest BCUT2D eigenvalue weighted by Crippen LogP contribution is 2.39. The van der Waals surface area contributed by atoms with Crippen LogP contribution >= 0.6 is 0 Å². The van der Waals surface area contributed by atoms with Crippen molar-refractivity contribution >= 4 is 11.9 Å². The van der Waals surface area contributed by atoms with E-state index in [4.69, 9.17) is 4.74 Å². The number of ether oxygens (including phenoxy) is 1. The number of amides is 1. The summed E-state index contributed by atoms with van der Waals surface area (Å²) < 4.78 is 5.55. The zero-order valence-corrected chi connectivity index (χ0v) is 17.6. The number of aliphatic carboxylic acids is 1. The Bertz CT molecular complexity index is 1200. The lowest BCUT2D eigenvalue weighted by molar-refractivity contribution is -0.141. The molecule has 2 atom stereocenters. The van der Waals surface area contributed by atoms with Crippen LogP contribution in [0.3, 0.4) is 0 Å². The number of likely N-dealkylation sites (tertiary alicyclic amines) is 1. The fraction of sp³-hybridized carbons (Fsp3) is 0.192. The summed E-state index contributed by atoms with van der Waals surface area (Å²) in [4.78, 5) is 26.9. The second-order valence-corrected chi connectivity index (χ2v) is 7.64. The average molecular weight is 426 g/mol. The number of nitriles is 1. The zero-order valence-electron chi connectivity index (χ0n) is 17.6. The first-order valence-electron chi connectivity index (χ1n) is 10.3. The molecule has 0 spiro atoms. The summed E-state index contributed by atoms with van der Waals surface area (Å²) in [6.07, 6.45) is 0.797. The van der Waals surface area contributed by atoms with Crippen LogP contribution in [-0.4, -0.2) is 35.0 Å². The van der Waals surface area contributed by atoms with Crippen LogP contribution in [0.4, 0.5) is 0 Å². The van der Waals surface area contributed by atoms with Crippen LogP contribution in [0.25, 0.3) is 11.1 Å². The van der Waals surface area contributed by atoms with E-state index in [1.54, 1.807) is 36.4 Å². The summed E-state index contributed by atoms with van der Waals surface area (Å²) in [5.74, 6) is -0.921. The lowest BCUT2D eigenvalue weighted by Crippen LogP contribution is -2.42. The van der Waals surface area contributed by atoms with Crippen LogP contribution < -0.4 is 4.74 Å². The third-order valence-corrected chi connectivity index (χ3v) is 5.88. The molecule has 1 amide bonds. The summed E-state index contributed by atoms with van der Waals surface area (Å²) in [5.41, 5.74) is 3.24. The highest BCUT2D eigenvalue weighted by Gasteiger charge is 2.42. The lowest BCUT2D eigenvalue weighted by atomic mass is 9.98. The Morgan fingerprint density at radius 2 is 1.75 bits per heavy atom. The van der Waals surface area contributed by atoms with Crippen LogP contribution in [0.15, 0.2) is 72.8 Å². The fourth-order valence-corrected chi connectivity index (χ4v) is 4.36. The number of methoxy groups -OCH3 is 1. The first-order valence-corrected chi connectivity index (χ1v) is 10.3. The molecule has 1 saturated heterocycles. The summed E-state index contributed by atoms with van der Waals surface area (Å²) in [7, 11) is 1.54. The molecule has 6 heteroatoms. The van der Waals surface area contributed by atoms with Crippen molar-refractivity contribution in [1.29, 1.82) is 5.26 Å². The van der Waals surface area contributed by atoms with Gasteiger partial charge in [-0.2, -0.15) is 5.26 Å². The Morgan fingerprint density at radius 1 is 1.03 bits per heavy atom. The normalized spacial score (nSPS) is 17.6. The van der Waals surface area contributed by atoms with Crippen molar-refractivity contribution in [1.82, 2.24) is 4.90 Å². The van der Waals surface area contributed by atoms with E-state index in [1.165, 1.54) is 12.0 Å². The molecule has 0 bridgehead atoms. The zero-order chi connectivity index (χ0) is 22.7. The van der Waals surface area contributed by atoms with Crippen molar-refractivity contribution in [3.05, 3.63) is 89.5 Å². The number of hydrogen-bond donors (Lipinski definition) is 1. The molecule has 1 N–H and O–H groups in total. The number of hydrogen-bond acceptors (Lipinski definition) is 4. The number of carbonyl (C=O) groups excluding carboxylic acids is 1. The molecule has 32 heavy (non-hydrogen) atoms. The predicted octanol–water partition coefficient (Wildman–Crippen LogP) is 4.66. The smallest absolute Gasteiger partial charge is 0.326 e. The maximum atomic E-state index is 13.6. The number of nitrogens with zero attached hydrogens (tertiary/aromatic N) is 2. The minimum Gasteiger partial charge on any atom is -0.496 e. The minimum absolute atomic E-state index is 0.324. The number of carboxylic acids is 1. The van der Waals surface area contributed by atoms with Crippen LogP contribution in [0.2, 0.25) is 0 Å². The van der Waals surface area contributed by atoms with Gasteiger partial charge in [0.1, 0.15) is 11.8 Å². The Morgan fingerprint density at radius 3 is 2.44 bits per heavy atom. The SMILES string of the molecule is COc1cc(C(=O)N2[C@@H](c3ccccc3C#N)CC[C@H]2C(=O)O)ccc1-c1ccccc1. The maximum absolute atomic E-state index is 13.6. The van der Waals surface area contributed by atoms with Crippen LogP contribution in [0.5, 0.6) is 5.75 Å². The van der Waals surface area contributed by atoms with Crippen LogP contribution in [-0.2, 0) is 4.79 Å². The van der Waals surface area contributed by atoms with Gasteiger partial charge in [-0.25, -0.2) is 4.79 Å². The Balaban J connectivity index is 1.75. The number of carboxylic acid groups (broad SMARTS) is 1. The van der Waals surface area contributed by atoms with Gasteiger partial charge in [0.15, 0.2) is 0 Å². The summed E-state index contributed by atoms with van der Waals surface area (Å²) >= 11 is 0. The van der Waals surface area contributed by atoms with Gasteiger partial charge in [0.2, 0.25) is 0 Å². The second kappa shape index (κ2) is 8.94. The quantitative estimate of drug-likeness (QED) is 0.641. The first-order chi connectivity index (χ1) is 15.5. The molecule has 3 aromatic rings. The van der Waals surface area contributed by atoms with Gasteiger partial charge in [-0.15, -0.1) is 0 Å². The van der Waals surface area contributed by atoms with E-state index in [1.807, 2.05) is 36.4 Å². The summed E-state index contributed by atoms with van der Waals surface area (Å²) in [5, 5.41) is 19.3. The molecule has 0 aromatic heterocycles. The molecular formula is C26H22N2O4. The third-order valence-electron chi connectivity index (χ3n) is 5.88. The monoisotopic (exact) mass is 426 g/mol. The van der Waals surface area contributed by atoms with Crippen LogP contribution in [0, 0.1) is 11.3 Å². The van der Waals surface area contributed by atoms with Gasteiger partial charge < -0.3 is 14.7 Å². The first kappa shape index (κ1) is 21.1. The fourth-order valence-electron chi connectivity index (χ4n) is 4.36. The molecule has 1 aliphatic heterocycles. The van der Waals surface area contributed by atoms with Crippen molar-refractivity contribution < 1.29 is 19.4 Å². The van der Waals surface area contributed by atoms with E-state index < -0.39 is 24.0 Å². The number of carbonyl (C=O) groups is 2. The van der Waals surface area contributed by atoms with E-state index in [9.17, 15) is 20.0 Å². The van der Waals surface area contributed by atoms with Gasteiger partial charge in [0.05, 0.1) is 24.8 Å². The van der Waals surface area contributed by atoms with Crippen molar-refractivity contribution in [2.75, 3.05) is 7.11 Å². The van der Waals surface area contributed by atoms with Crippen molar-refractivity contribution in [3.8, 4) is 22.9 Å². The molecule has 0 aliphatic carbocycles.